The zero-order valence-electron chi connectivity index (χ0n) is 17.5. The zero-order chi connectivity index (χ0) is 20.4. The van der Waals surface area contributed by atoms with Crippen molar-refractivity contribution in [1.82, 2.24) is 19.7 Å². The van der Waals surface area contributed by atoms with Gasteiger partial charge in [-0.2, -0.15) is 10.1 Å². The van der Waals surface area contributed by atoms with Gasteiger partial charge in [0.15, 0.2) is 0 Å². The first-order chi connectivity index (χ1) is 14.0. The largest absolute Gasteiger partial charge is 0.322 e. The Kier molecular flexibility index (Phi) is 5.60. The van der Waals surface area contributed by atoms with E-state index < -0.39 is 0 Å². The van der Waals surface area contributed by atoms with E-state index in [0.717, 1.165) is 49.7 Å². The second kappa shape index (κ2) is 8.31. The molecule has 0 amide bonds. The van der Waals surface area contributed by atoms with Crippen molar-refractivity contribution in [3.8, 4) is 5.95 Å². The maximum absolute atomic E-state index is 13.0. The number of aryl methyl sites for hydroxylation is 2. The van der Waals surface area contributed by atoms with E-state index in [0.29, 0.717) is 12.5 Å². The molecule has 0 unspecified atom stereocenters. The Morgan fingerprint density at radius 2 is 1.83 bits per heavy atom. The van der Waals surface area contributed by atoms with E-state index in [9.17, 15) is 4.79 Å². The van der Waals surface area contributed by atoms with Crippen molar-refractivity contribution in [2.45, 2.75) is 27.3 Å². The molecule has 0 atom stereocenters. The number of ketones is 1. The summed E-state index contributed by atoms with van der Waals surface area (Å²) in [4.78, 5) is 20.2. The molecule has 0 bridgehead atoms. The van der Waals surface area contributed by atoms with Crippen molar-refractivity contribution in [2.75, 3.05) is 32.7 Å². The van der Waals surface area contributed by atoms with Gasteiger partial charge in [-0.05, 0) is 32.4 Å². The van der Waals surface area contributed by atoms with Gasteiger partial charge in [-0.3, -0.25) is 9.36 Å². The van der Waals surface area contributed by atoms with Crippen LogP contribution >= 0.6 is 0 Å². The van der Waals surface area contributed by atoms with E-state index in [2.05, 4.69) is 46.4 Å². The van der Waals surface area contributed by atoms with Gasteiger partial charge in [0.05, 0.1) is 0 Å². The second-order valence-corrected chi connectivity index (χ2v) is 8.13. The smallest absolute Gasteiger partial charge is 0.229 e. The molecule has 4 rings (SSSR count). The van der Waals surface area contributed by atoms with E-state index in [1.54, 1.807) is 4.90 Å². The molecular weight excluding hydrogens is 364 g/mol. The van der Waals surface area contributed by atoms with E-state index in [4.69, 9.17) is 0 Å². The maximum atomic E-state index is 13.0. The van der Waals surface area contributed by atoms with Gasteiger partial charge in [0.1, 0.15) is 45.6 Å². The van der Waals surface area contributed by atoms with Crippen LogP contribution in [0.3, 0.4) is 0 Å². The first kappa shape index (κ1) is 19.5. The fourth-order valence-corrected chi connectivity index (χ4v) is 4.39. The standard InChI is InChI=1S/C22H28N6O/c1-16-6-4-5-7-19(16)13-26-8-10-27(11-9-26)14-21(29)20-12-17(2)28(18(20)3)22-23-15-24-25-22/h4-7,12,15H,8-11,13-14H2,1-3H3,(H,23,24,25)/p+2. The topological polar surface area (TPSA) is 72.5 Å². The number of benzene rings is 1. The normalized spacial score (nSPS) is 19.4. The molecule has 1 aliphatic rings. The number of hydrogen-bond acceptors (Lipinski definition) is 3. The lowest BCUT2D eigenvalue weighted by Gasteiger charge is -2.29. The molecular formula is C22H30N6O+2. The lowest BCUT2D eigenvalue weighted by Crippen LogP contribution is -3.27. The number of carbonyl (C=O) groups excluding carboxylic acids is 1. The summed E-state index contributed by atoms with van der Waals surface area (Å²) in [5.74, 6) is 0.862. The summed E-state index contributed by atoms with van der Waals surface area (Å²) < 4.78 is 1.96. The first-order valence-electron chi connectivity index (χ1n) is 10.3. The van der Waals surface area contributed by atoms with E-state index in [1.165, 1.54) is 22.4 Å². The minimum Gasteiger partial charge on any atom is -0.322 e. The molecule has 29 heavy (non-hydrogen) atoms. The van der Waals surface area contributed by atoms with Gasteiger partial charge >= 0.3 is 0 Å². The lowest BCUT2D eigenvalue weighted by molar-refractivity contribution is -1.01. The van der Waals surface area contributed by atoms with Crippen LogP contribution in [0, 0.1) is 20.8 Å². The number of aromatic nitrogens is 4. The number of nitrogens with zero attached hydrogens (tertiary/aromatic N) is 3. The number of nitrogens with one attached hydrogen (secondary N) is 3. The van der Waals surface area contributed by atoms with Gasteiger partial charge in [0, 0.05) is 22.5 Å². The van der Waals surface area contributed by atoms with Crippen molar-refractivity contribution in [2.24, 2.45) is 0 Å². The minimum absolute atomic E-state index is 0.209. The van der Waals surface area contributed by atoms with Gasteiger partial charge < -0.3 is 9.80 Å². The predicted octanol–water partition coefficient (Wildman–Crippen LogP) is -0.313. The van der Waals surface area contributed by atoms with Crippen LogP contribution in [0.5, 0.6) is 0 Å². The molecule has 3 aromatic rings. The van der Waals surface area contributed by atoms with Crippen LogP contribution in [0.25, 0.3) is 5.95 Å². The molecule has 7 nitrogen and oxygen atoms in total. The molecule has 1 aromatic carbocycles. The molecule has 0 spiro atoms. The summed E-state index contributed by atoms with van der Waals surface area (Å²) >= 11 is 0. The average molecular weight is 395 g/mol. The van der Waals surface area contributed by atoms with E-state index >= 15 is 0 Å². The molecule has 1 fully saturated rings. The quantitative estimate of drug-likeness (QED) is 0.502. The van der Waals surface area contributed by atoms with Crippen molar-refractivity contribution >= 4 is 5.78 Å². The molecule has 3 heterocycles. The van der Waals surface area contributed by atoms with Gasteiger partial charge in [0.25, 0.3) is 0 Å². The first-order valence-corrected chi connectivity index (χ1v) is 10.3. The highest BCUT2D eigenvalue weighted by atomic mass is 16.1. The van der Waals surface area contributed by atoms with Crippen LogP contribution in [0.4, 0.5) is 0 Å². The maximum Gasteiger partial charge on any atom is 0.229 e. The number of Topliss-reactive ketones (excluding diaryl/α,β-unsaturated/α-hetero) is 1. The second-order valence-electron chi connectivity index (χ2n) is 8.13. The third kappa shape index (κ3) is 4.16. The third-order valence-electron chi connectivity index (χ3n) is 6.12. The fraction of sp³-hybridized carbons (Fsp3) is 0.409. The van der Waals surface area contributed by atoms with Gasteiger partial charge in [-0.25, -0.2) is 5.10 Å². The van der Waals surface area contributed by atoms with Crippen LogP contribution in [0.2, 0.25) is 0 Å². The molecule has 0 radical (unpaired) electrons. The predicted molar refractivity (Wildman–Crippen MR) is 111 cm³/mol. The number of hydrogen-bond donors (Lipinski definition) is 3. The highest BCUT2D eigenvalue weighted by Gasteiger charge is 2.27. The molecule has 7 heteroatoms. The van der Waals surface area contributed by atoms with Gasteiger partial charge in [-0.15, -0.1) is 0 Å². The van der Waals surface area contributed by atoms with Gasteiger partial charge in [0.2, 0.25) is 11.7 Å². The van der Waals surface area contributed by atoms with Crippen molar-refractivity contribution < 1.29 is 14.6 Å². The Labute approximate surface area is 171 Å². The summed E-state index contributed by atoms with van der Waals surface area (Å²) in [6.45, 7) is 12.1. The Bertz CT molecular complexity index is 983. The number of rotatable bonds is 6. The molecule has 2 aromatic heterocycles. The zero-order valence-corrected chi connectivity index (χ0v) is 17.5. The van der Waals surface area contributed by atoms with Gasteiger partial charge in [-0.1, -0.05) is 24.3 Å². The highest BCUT2D eigenvalue weighted by molar-refractivity contribution is 5.98. The monoisotopic (exact) mass is 394 g/mol. The Morgan fingerprint density at radius 1 is 1.10 bits per heavy atom. The lowest BCUT2D eigenvalue weighted by atomic mass is 10.1. The Morgan fingerprint density at radius 3 is 2.52 bits per heavy atom. The van der Waals surface area contributed by atoms with Crippen molar-refractivity contribution in [3.63, 3.8) is 0 Å². The Hall–Kier alpha value is -2.77. The van der Waals surface area contributed by atoms with Crippen LogP contribution in [0.15, 0.2) is 36.7 Å². The van der Waals surface area contributed by atoms with Crippen molar-refractivity contribution in [1.29, 1.82) is 0 Å². The summed E-state index contributed by atoms with van der Waals surface area (Å²) in [6, 6.07) is 10.6. The van der Waals surface area contributed by atoms with Crippen LogP contribution in [-0.2, 0) is 6.54 Å². The number of quaternary nitrogens is 2. The molecule has 3 N–H and O–H groups in total. The molecule has 0 saturated carbocycles. The molecule has 0 aliphatic carbocycles. The molecule has 1 aliphatic heterocycles. The molecule has 152 valence electrons. The number of carbonyl (C=O) groups is 1. The minimum atomic E-state index is 0.209. The van der Waals surface area contributed by atoms with Crippen molar-refractivity contribution in [3.05, 3.63) is 64.7 Å². The van der Waals surface area contributed by atoms with Crippen LogP contribution in [-0.4, -0.2) is 58.3 Å². The number of H-pyrrole nitrogens is 1. The van der Waals surface area contributed by atoms with E-state index in [-0.39, 0.29) is 5.78 Å². The van der Waals surface area contributed by atoms with Crippen LogP contribution < -0.4 is 9.80 Å². The number of aromatic amines is 1. The number of piperazine rings is 1. The highest BCUT2D eigenvalue weighted by Crippen LogP contribution is 2.18. The fourth-order valence-electron chi connectivity index (χ4n) is 4.39. The molecule has 1 saturated heterocycles. The summed E-state index contributed by atoms with van der Waals surface area (Å²) in [7, 11) is 0. The van der Waals surface area contributed by atoms with Crippen LogP contribution in [0.1, 0.15) is 32.9 Å². The third-order valence-corrected chi connectivity index (χ3v) is 6.12. The SMILES string of the molecule is Cc1ccccc1C[NH+]1CC[NH+](CC(=O)c2cc(C)n(-c3ncn[nH]3)c2C)CC1. The summed E-state index contributed by atoms with van der Waals surface area (Å²) in [5, 5.41) is 6.80. The summed E-state index contributed by atoms with van der Waals surface area (Å²) in [5.41, 5.74) is 5.51. The van der Waals surface area contributed by atoms with E-state index in [1.807, 2.05) is 24.5 Å². The Balaban J connectivity index is 1.36. The average Bonchev–Trinajstić information content (AvgIpc) is 3.33. The summed E-state index contributed by atoms with van der Waals surface area (Å²) in [6.07, 6.45) is 1.48.